The molecule has 5 nitrogen and oxygen atoms in total. The van der Waals surface area contributed by atoms with Gasteiger partial charge in [0, 0.05) is 18.9 Å². The van der Waals surface area contributed by atoms with Crippen LogP contribution in [0.2, 0.25) is 0 Å². The van der Waals surface area contributed by atoms with E-state index in [1.165, 1.54) is 0 Å². The van der Waals surface area contributed by atoms with Crippen LogP contribution in [0.15, 0.2) is 96.3 Å². The largest absolute Gasteiger partial charge is 0.463 e. The number of esters is 2. The van der Waals surface area contributed by atoms with Crippen molar-refractivity contribution in [2.45, 2.75) is 26.3 Å². The van der Waals surface area contributed by atoms with Crippen molar-refractivity contribution in [1.29, 1.82) is 0 Å². The van der Waals surface area contributed by atoms with E-state index in [0.717, 1.165) is 21.9 Å². The quantitative estimate of drug-likeness (QED) is 0.464. The summed E-state index contributed by atoms with van der Waals surface area (Å²) in [7, 11) is 0. The molecule has 1 aliphatic rings. The molecule has 0 amide bonds. The fourth-order valence-corrected chi connectivity index (χ4v) is 4.20. The second-order valence-electron chi connectivity index (χ2n) is 7.77. The lowest BCUT2D eigenvalue weighted by molar-refractivity contribution is -0.139. The topological polar surface area (TPSA) is 55.8 Å². The molecule has 0 spiro atoms. The van der Waals surface area contributed by atoms with E-state index in [9.17, 15) is 9.59 Å². The van der Waals surface area contributed by atoms with Gasteiger partial charge < -0.3 is 14.4 Å². The Kier molecular flexibility index (Phi) is 6.89. The van der Waals surface area contributed by atoms with Crippen LogP contribution in [-0.2, 0) is 25.6 Å². The SMILES string of the molecule is CCOC(=O)C1=CN(Cc2ccccc2)C=C(C(=O)OCC)C1c1cccc2ccccc12. The summed E-state index contributed by atoms with van der Waals surface area (Å²) < 4.78 is 10.8. The summed E-state index contributed by atoms with van der Waals surface area (Å²) in [6.45, 7) is 4.55. The Morgan fingerprint density at radius 2 is 1.33 bits per heavy atom. The van der Waals surface area contributed by atoms with Crippen molar-refractivity contribution < 1.29 is 19.1 Å². The Morgan fingerprint density at radius 3 is 1.97 bits per heavy atom. The van der Waals surface area contributed by atoms with Gasteiger partial charge in [0.05, 0.1) is 30.3 Å². The molecule has 0 aliphatic carbocycles. The lowest BCUT2D eigenvalue weighted by Gasteiger charge is -2.31. The number of carbonyl (C=O) groups excluding carboxylic acids is 2. The molecule has 0 saturated heterocycles. The molecule has 0 bridgehead atoms. The highest BCUT2D eigenvalue weighted by molar-refractivity contribution is 6.01. The third kappa shape index (κ3) is 4.82. The maximum atomic E-state index is 13.1. The van der Waals surface area contributed by atoms with Gasteiger partial charge in [0.15, 0.2) is 0 Å². The monoisotopic (exact) mass is 441 g/mol. The molecule has 0 saturated carbocycles. The Labute approximate surface area is 193 Å². The summed E-state index contributed by atoms with van der Waals surface area (Å²) in [6, 6.07) is 23.8. The number of hydrogen-bond acceptors (Lipinski definition) is 5. The predicted octanol–water partition coefficient (Wildman–Crippen LogP) is 5.33. The smallest absolute Gasteiger partial charge is 0.336 e. The number of nitrogens with zero attached hydrogens (tertiary/aromatic N) is 1. The third-order valence-corrected chi connectivity index (χ3v) is 5.60. The van der Waals surface area contributed by atoms with E-state index < -0.39 is 17.9 Å². The highest BCUT2D eigenvalue weighted by atomic mass is 16.5. The zero-order valence-corrected chi connectivity index (χ0v) is 18.9. The van der Waals surface area contributed by atoms with E-state index in [0.29, 0.717) is 17.7 Å². The van der Waals surface area contributed by atoms with Crippen LogP contribution in [0.4, 0.5) is 0 Å². The fraction of sp³-hybridized carbons (Fsp3) is 0.214. The summed E-state index contributed by atoms with van der Waals surface area (Å²) in [5.41, 5.74) is 2.75. The molecule has 0 aromatic heterocycles. The molecule has 168 valence electrons. The van der Waals surface area contributed by atoms with Crippen LogP contribution in [0.3, 0.4) is 0 Å². The van der Waals surface area contributed by atoms with Crippen LogP contribution in [0.5, 0.6) is 0 Å². The van der Waals surface area contributed by atoms with Crippen LogP contribution in [0, 0.1) is 0 Å². The van der Waals surface area contributed by atoms with Gasteiger partial charge in [0.1, 0.15) is 0 Å². The van der Waals surface area contributed by atoms with E-state index in [4.69, 9.17) is 9.47 Å². The van der Waals surface area contributed by atoms with Crippen molar-refractivity contribution in [1.82, 2.24) is 4.90 Å². The summed E-state index contributed by atoms with van der Waals surface area (Å²) in [6.07, 6.45) is 3.58. The van der Waals surface area contributed by atoms with Crippen LogP contribution >= 0.6 is 0 Å². The predicted molar refractivity (Wildman–Crippen MR) is 128 cm³/mol. The summed E-state index contributed by atoms with van der Waals surface area (Å²) in [5.74, 6) is -1.48. The van der Waals surface area contributed by atoms with Crippen molar-refractivity contribution >= 4 is 22.7 Å². The number of hydrogen-bond donors (Lipinski definition) is 0. The average Bonchev–Trinajstić information content (AvgIpc) is 2.84. The van der Waals surface area contributed by atoms with E-state index in [1.807, 2.05) is 77.7 Å². The van der Waals surface area contributed by atoms with Crippen molar-refractivity contribution in [3.8, 4) is 0 Å². The second kappa shape index (κ2) is 10.2. The first-order chi connectivity index (χ1) is 16.1. The summed E-state index contributed by atoms with van der Waals surface area (Å²) in [4.78, 5) is 28.1. The first kappa shape index (κ1) is 22.3. The Bertz CT molecular complexity index is 1170. The molecule has 4 rings (SSSR count). The average molecular weight is 442 g/mol. The summed E-state index contributed by atoms with van der Waals surface area (Å²) >= 11 is 0. The minimum absolute atomic E-state index is 0.246. The number of carbonyl (C=O) groups is 2. The van der Waals surface area contributed by atoms with E-state index >= 15 is 0 Å². The van der Waals surface area contributed by atoms with Crippen molar-refractivity contribution in [2.75, 3.05) is 13.2 Å². The van der Waals surface area contributed by atoms with Crippen LogP contribution < -0.4 is 0 Å². The number of benzene rings is 3. The second-order valence-corrected chi connectivity index (χ2v) is 7.77. The van der Waals surface area contributed by atoms with E-state index in [-0.39, 0.29) is 13.2 Å². The molecule has 0 radical (unpaired) electrons. The molecular weight excluding hydrogens is 414 g/mol. The number of fused-ring (bicyclic) bond motifs is 1. The first-order valence-electron chi connectivity index (χ1n) is 11.2. The first-order valence-corrected chi connectivity index (χ1v) is 11.2. The van der Waals surface area contributed by atoms with Gasteiger partial charge in [0.25, 0.3) is 0 Å². The molecule has 0 fully saturated rings. The van der Waals surface area contributed by atoms with E-state index in [2.05, 4.69) is 0 Å². The maximum absolute atomic E-state index is 13.1. The van der Waals surface area contributed by atoms with Gasteiger partial charge in [-0.1, -0.05) is 72.8 Å². The van der Waals surface area contributed by atoms with Gasteiger partial charge in [-0.3, -0.25) is 0 Å². The highest BCUT2D eigenvalue weighted by Gasteiger charge is 2.36. The van der Waals surface area contributed by atoms with Gasteiger partial charge in [-0.15, -0.1) is 0 Å². The van der Waals surface area contributed by atoms with Gasteiger partial charge in [-0.05, 0) is 35.7 Å². The molecule has 0 atom stereocenters. The zero-order valence-electron chi connectivity index (χ0n) is 18.9. The molecule has 3 aromatic rings. The third-order valence-electron chi connectivity index (χ3n) is 5.60. The van der Waals surface area contributed by atoms with Crippen LogP contribution in [0.25, 0.3) is 10.8 Å². The van der Waals surface area contributed by atoms with Crippen LogP contribution in [0.1, 0.15) is 30.9 Å². The molecule has 0 N–H and O–H groups in total. The Hall–Kier alpha value is -3.86. The Balaban J connectivity index is 1.87. The minimum Gasteiger partial charge on any atom is -0.463 e. The lowest BCUT2D eigenvalue weighted by Crippen LogP contribution is -2.29. The summed E-state index contributed by atoms with van der Waals surface area (Å²) in [5, 5.41) is 2.01. The van der Waals surface area contributed by atoms with Crippen LogP contribution in [-0.4, -0.2) is 30.1 Å². The highest BCUT2D eigenvalue weighted by Crippen LogP contribution is 2.40. The van der Waals surface area contributed by atoms with Crippen molar-refractivity contribution in [3.63, 3.8) is 0 Å². The fourth-order valence-electron chi connectivity index (χ4n) is 4.20. The molecule has 1 aliphatic heterocycles. The van der Waals surface area contributed by atoms with Gasteiger partial charge in [-0.25, -0.2) is 9.59 Å². The van der Waals surface area contributed by atoms with E-state index in [1.54, 1.807) is 26.2 Å². The molecular formula is C28H27NO4. The number of rotatable bonds is 7. The van der Waals surface area contributed by atoms with Gasteiger partial charge in [-0.2, -0.15) is 0 Å². The lowest BCUT2D eigenvalue weighted by atomic mass is 9.81. The standard InChI is InChI=1S/C28H27NO4/c1-3-32-27(30)24-18-29(17-20-11-6-5-7-12-20)19-25(28(31)33-4-2)26(24)23-16-10-14-21-13-8-9-15-22(21)23/h5-16,18-19,26H,3-4,17H2,1-2H3. The van der Waals surface area contributed by atoms with Crippen molar-refractivity contribution in [2.24, 2.45) is 0 Å². The molecule has 5 heteroatoms. The molecule has 33 heavy (non-hydrogen) atoms. The Morgan fingerprint density at radius 1 is 0.758 bits per heavy atom. The molecule has 1 heterocycles. The molecule has 0 unspecified atom stereocenters. The molecule has 3 aromatic carbocycles. The number of ether oxygens (including phenoxy) is 2. The maximum Gasteiger partial charge on any atom is 0.336 e. The minimum atomic E-state index is -0.596. The van der Waals surface area contributed by atoms with Crippen molar-refractivity contribution in [3.05, 3.63) is 107 Å². The van der Waals surface area contributed by atoms with Gasteiger partial charge >= 0.3 is 11.9 Å². The van der Waals surface area contributed by atoms with Gasteiger partial charge in [0.2, 0.25) is 0 Å². The normalized spacial score (nSPS) is 13.9. The zero-order chi connectivity index (χ0) is 23.2.